The molecule has 0 fully saturated rings. The summed E-state index contributed by atoms with van der Waals surface area (Å²) in [7, 11) is 0. The Hall–Kier alpha value is -2.11. The van der Waals surface area contributed by atoms with Crippen LogP contribution in [-0.4, -0.2) is 15.7 Å². The Kier molecular flexibility index (Phi) is 3.36. The first kappa shape index (κ1) is 13.0. The van der Waals surface area contributed by atoms with E-state index in [1.54, 1.807) is 0 Å². The summed E-state index contributed by atoms with van der Waals surface area (Å²) in [6.07, 6.45) is -4.50. The Morgan fingerprint density at radius 1 is 1.47 bits per heavy atom. The van der Waals surface area contributed by atoms with Crippen molar-refractivity contribution in [3.05, 3.63) is 32.9 Å². The number of H-pyrrole nitrogens is 1. The Bertz CT molecular complexity index is 566. The summed E-state index contributed by atoms with van der Waals surface area (Å²) in [5.74, 6) is -3.85. The number of nitriles is 1. The monoisotopic (exact) mass is 251 g/mol. The lowest BCUT2D eigenvalue weighted by Gasteiger charge is -2.13. The van der Waals surface area contributed by atoms with E-state index in [0.717, 1.165) is 6.07 Å². The molecule has 0 bridgehead atoms. The highest BCUT2D eigenvalue weighted by atomic mass is 19.4. The second-order valence-electron chi connectivity index (χ2n) is 3.11. The molecule has 5 nitrogen and oxygen atoms in total. The van der Waals surface area contributed by atoms with Crippen LogP contribution in [0.25, 0.3) is 0 Å². The van der Waals surface area contributed by atoms with Gasteiger partial charge in [-0.1, -0.05) is 0 Å². The van der Waals surface area contributed by atoms with Gasteiger partial charge in [0.15, 0.2) is 5.92 Å². The maximum atomic E-state index is 12.7. The van der Waals surface area contributed by atoms with Crippen molar-refractivity contribution in [3.8, 4) is 6.07 Å². The molecule has 1 heterocycles. The molecule has 0 aromatic carbocycles. The number of halogens is 4. The average molecular weight is 251 g/mol. The molecule has 1 aromatic rings. The number of hydrogen-bond donors (Lipinski definition) is 1. The molecule has 0 spiro atoms. The predicted octanol–water partition coefficient (Wildman–Crippen LogP) is 0.378. The number of aromatic amines is 1. The van der Waals surface area contributed by atoms with Gasteiger partial charge in [-0.25, -0.2) is 4.79 Å². The van der Waals surface area contributed by atoms with Crippen molar-refractivity contribution in [3.63, 3.8) is 0 Å². The van der Waals surface area contributed by atoms with Crippen molar-refractivity contribution in [2.75, 3.05) is 0 Å². The lowest BCUT2D eigenvalue weighted by molar-refractivity contribution is -0.162. The first-order valence-corrected chi connectivity index (χ1v) is 4.21. The van der Waals surface area contributed by atoms with Gasteiger partial charge in [-0.05, 0) is 0 Å². The molecule has 0 saturated carbocycles. The zero-order chi connectivity index (χ0) is 13.2. The molecule has 0 radical (unpaired) electrons. The molecule has 1 atom stereocenters. The van der Waals surface area contributed by atoms with Crippen molar-refractivity contribution >= 4 is 0 Å². The maximum absolute atomic E-state index is 12.7. The van der Waals surface area contributed by atoms with Crippen LogP contribution in [0.15, 0.2) is 15.8 Å². The third-order valence-corrected chi connectivity index (χ3v) is 1.90. The van der Waals surface area contributed by atoms with E-state index < -0.39 is 35.7 Å². The van der Waals surface area contributed by atoms with Crippen molar-refractivity contribution in [1.82, 2.24) is 9.55 Å². The third-order valence-electron chi connectivity index (χ3n) is 1.90. The van der Waals surface area contributed by atoms with Crippen LogP contribution < -0.4 is 11.2 Å². The number of nitrogens with zero attached hydrogens (tertiary/aromatic N) is 2. The molecule has 1 aromatic heterocycles. The second kappa shape index (κ2) is 4.40. The van der Waals surface area contributed by atoms with Crippen LogP contribution in [-0.2, 0) is 6.54 Å². The Morgan fingerprint density at radius 3 is 2.53 bits per heavy atom. The van der Waals surface area contributed by atoms with E-state index in [1.165, 1.54) is 4.98 Å². The molecule has 0 amide bonds. The molecule has 0 aliphatic rings. The Balaban J connectivity index is 3.13. The lowest BCUT2D eigenvalue weighted by atomic mass is 10.1. The van der Waals surface area contributed by atoms with Gasteiger partial charge in [0, 0.05) is 0 Å². The number of rotatable bonds is 2. The van der Waals surface area contributed by atoms with Crippen molar-refractivity contribution in [2.24, 2.45) is 5.92 Å². The molecule has 1 unspecified atom stereocenters. The van der Waals surface area contributed by atoms with Crippen molar-refractivity contribution in [2.45, 2.75) is 12.7 Å². The maximum Gasteiger partial charge on any atom is 0.406 e. The quantitative estimate of drug-likeness (QED) is 0.771. The summed E-state index contributed by atoms with van der Waals surface area (Å²) in [6, 6.07) is 0.953. The van der Waals surface area contributed by atoms with E-state index in [4.69, 9.17) is 5.26 Å². The van der Waals surface area contributed by atoms with Gasteiger partial charge in [-0.3, -0.25) is 14.3 Å². The van der Waals surface area contributed by atoms with Gasteiger partial charge in [0.25, 0.3) is 5.56 Å². The van der Waals surface area contributed by atoms with E-state index in [2.05, 4.69) is 0 Å². The molecule has 92 valence electrons. The van der Waals surface area contributed by atoms with Crippen molar-refractivity contribution in [1.29, 1.82) is 5.26 Å². The number of nitrogens with one attached hydrogen (secondary N) is 1. The summed E-state index contributed by atoms with van der Waals surface area (Å²) in [5.41, 5.74) is -2.53. The molecule has 0 aliphatic carbocycles. The van der Waals surface area contributed by atoms with E-state index in [1.807, 2.05) is 0 Å². The van der Waals surface area contributed by atoms with Crippen LogP contribution in [0.4, 0.5) is 17.6 Å². The van der Waals surface area contributed by atoms with E-state index in [0.29, 0.717) is 6.20 Å². The van der Waals surface area contributed by atoms with Gasteiger partial charge in [-0.2, -0.15) is 22.8 Å². The fourth-order valence-electron chi connectivity index (χ4n) is 1.03. The molecule has 1 rings (SSSR count). The van der Waals surface area contributed by atoms with Gasteiger partial charge in [0.2, 0.25) is 5.82 Å². The van der Waals surface area contributed by atoms with E-state index in [9.17, 15) is 27.2 Å². The lowest BCUT2D eigenvalue weighted by Crippen LogP contribution is -2.36. The zero-order valence-electron chi connectivity index (χ0n) is 8.08. The van der Waals surface area contributed by atoms with Crippen LogP contribution >= 0.6 is 0 Å². The highest BCUT2D eigenvalue weighted by Gasteiger charge is 2.40. The largest absolute Gasteiger partial charge is 0.406 e. The fourth-order valence-corrected chi connectivity index (χ4v) is 1.03. The van der Waals surface area contributed by atoms with Crippen LogP contribution in [0.2, 0.25) is 0 Å². The minimum Gasteiger partial charge on any atom is -0.296 e. The molecule has 0 aliphatic heterocycles. The summed E-state index contributed by atoms with van der Waals surface area (Å²) < 4.78 is 49.7. The van der Waals surface area contributed by atoms with Crippen LogP contribution in [0.3, 0.4) is 0 Å². The summed E-state index contributed by atoms with van der Waals surface area (Å²) in [6.45, 7) is -1.08. The minimum absolute atomic E-state index is 0.290. The normalized spacial score (nSPS) is 13.1. The Morgan fingerprint density at radius 2 is 2.06 bits per heavy atom. The molecular formula is C8H5F4N3O2. The SMILES string of the molecule is N#CC(Cn1cc(F)c(=O)[nH]c1=O)C(F)(F)F. The first-order chi connectivity index (χ1) is 7.75. The smallest absolute Gasteiger partial charge is 0.296 e. The second-order valence-corrected chi connectivity index (χ2v) is 3.11. The topological polar surface area (TPSA) is 78.7 Å². The highest BCUT2D eigenvalue weighted by Crippen LogP contribution is 2.26. The predicted molar refractivity (Wildman–Crippen MR) is 46.4 cm³/mol. The van der Waals surface area contributed by atoms with Gasteiger partial charge < -0.3 is 0 Å². The standard InChI is InChI=1S/C8H5F4N3O2/c9-5-3-15(7(17)14-6(5)16)2-4(1-13)8(10,11)12/h3-4H,2H2,(H,14,16,17). The number of aromatic nitrogens is 2. The summed E-state index contributed by atoms with van der Waals surface area (Å²) in [4.78, 5) is 23.1. The summed E-state index contributed by atoms with van der Waals surface area (Å²) >= 11 is 0. The number of alkyl halides is 3. The molecule has 17 heavy (non-hydrogen) atoms. The average Bonchev–Trinajstić information content (AvgIpc) is 2.19. The van der Waals surface area contributed by atoms with Crippen molar-refractivity contribution < 1.29 is 17.6 Å². The van der Waals surface area contributed by atoms with Gasteiger partial charge >= 0.3 is 11.9 Å². The first-order valence-electron chi connectivity index (χ1n) is 4.21. The Labute approximate surface area is 90.9 Å². The minimum atomic E-state index is -4.83. The van der Waals surface area contributed by atoms with Crippen LogP contribution in [0.1, 0.15) is 0 Å². The van der Waals surface area contributed by atoms with Crippen LogP contribution in [0.5, 0.6) is 0 Å². The molecule has 0 saturated heterocycles. The van der Waals surface area contributed by atoms with E-state index in [-0.39, 0.29) is 4.57 Å². The van der Waals surface area contributed by atoms with Gasteiger partial charge in [0.05, 0.1) is 18.8 Å². The molecule has 1 N–H and O–H groups in total. The molecular weight excluding hydrogens is 246 g/mol. The zero-order valence-corrected chi connectivity index (χ0v) is 8.08. The van der Waals surface area contributed by atoms with Gasteiger partial charge in [-0.15, -0.1) is 0 Å². The molecule has 9 heteroatoms. The number of hydrogen-bond acceptors (Lipinski definition) is 3. The van der Waals surface area contributed by atoms with E-state index >= 15 is 0 Å². The fraction of sp³-hybridized carbons (Fsp3) is 0.375. The van der Waals surface area contributed by atoms with Crippen LogP contribution in [0, 0.1) is 23.1 Å². The third kappa shape index (κ3) is 2.93. The summed E-state index contributed by atoms with van der Waals surface area (Å²) in [5, 5.41) is 8.29. The highest BCUT2D eigenvalue weighted by molar-refractivity contribution is 4.92. The van der Waals surface area contributed by atoms with Gasteiger partial charge in [0.1, 0.15) is 0 Å².